The molecule has 146 valence electrons. The van der Waals surface area contributed by atoms with Crippen LogP contribution in [0, 0.1) is 11.3 Å². The molecule has 0 amide bonds. The van der Waals surface area contributed by atoms with Crippen molar-refractivity contribution in [3.8, 4) is 17.5 Å². The zero-order valence-corrected chi connectivity index (χ0v) is 15.9. The Morgan fingerprint density at radius 1 is 1.10 bits per heavy atom. The Morgan fingerprint density at radius 3 is 2.60 bits per heavy atom. The number of furan rings is 1. The van der Waals surface area contributed by atoms with Gasteiger partial charge in [0.15, 0.2) is 5.78 Å². The van der Waals surface area contributed by atoms with E-state index in [1.54, 1.807) is 67.1 Å². The Morgan fingerprint density at radius 2 is 1.90 bits per heavy atom. The zero-order chi connectivity index (χ0) is 20.8. The van der Waals surface area contributed by atoms with Crippen LogP contribution in [0.4, 0.5) is 0 Å². The second-order valence-corrected chi connectivity index (χ2v) is 6.44. The minimum atomic E-state index is -0.112. The summed E-state index contributed by atoms with van der Waals surface area (Å²) in [5.74, 6) is 1.74. The first-order valence-electron chi connectivity index (χ1n) is 9.24. The van der Waals surface area contributed by atoms with Crippen molar-refractivity contribution >= 4 is 11.9 Å². The first-order chi connectivity index (χ1) is 14.7. The van der Waals surface area contributed by atoms with Gasteiger partial charge in [-0.05, 0) is 72.8 Å². The average Bonchev–Trinajstić information content (AvgIpc) is 3.49. The lowest BCUT2D eigenvalue weighted by atomic mass is 10.1. The van der Waals surface area contributed by atoms with Crippen molar-refractivity contribution in [2.75, 3.05) is 0 Å². The van der Waals surface area contributed by atoms with Crippen molar-refractivity contribution in [3.63, 3.8) is 0 Å². The fourth-order valence-electron chi connectivity index (χ4n) is 2.81. The van der Waals surface area contributed by atoms with Crippen LogP contribution in [0.15, 0.2) is 89.9 Å². The molecule has 0 spiro atoms. The molecule has 0 aliphatic rings. The van der Waals surface area contributed by atoms with E-state index in [1.807, 2.05) is 22.9 Å². The van der Waals surface area contributed by atoms with Crippen LogP contribution < -0.4 is 4.74 Å². The highest BCUT2D eigenvalue weighted by Crippen LogP contribution is 2.16. The lowest BCUT2D eigenvalue weighted by molar-refractivity contribution is 0.104. The Hall–Kier alpha value is -4.37. The molecule has 0 saturated heterocycles. The molecule has 0 unspecified atom stereocenters. The maximum absolute atomic E-state index is 12.4. The van der Waals surface area contributed by atoms with E-state index in [-0.39, 0.29) is 12.4 Å². The fraction of sp³-hybridized carbons (Fsp3) is 0.0417. The number of hydrogen-bond donors (Lipinski definition) is 0. The van der Waals surface area contributed by atoms with Gasteiger partial charge in [-0.25, -0.2) is 4.98 Å². The number of aromatic nitrogens is 2. The Kier molecular flexibility index (Phi) is 5.54. The van der Waals surface area contributed by atoms with Gasteiger partial charge in [0, 0.05) is 23.6 Å². The lowest BCUT2D eigenvalue weighted by Gasteiger charge is -2.03. The summed E-state index contributed by atoms with van der Waals surface area (Å²) in [5.41, 5.74) is 2.10. The van der Waals surface area contributed by atoms with Crippen molar-refractivity contribution in [2.45, 2.75) is 6.61 Å². The maximum atomic E-state index is 12.4. The Balaban J connectivity index is 1.34. The van der Waals surface area contributed by atoms with Crippen molar-refractivity contribution in [3.05, 3.63) is 108 Å². The van der Waals surface area contributed by atoms with E-state index >= 15 is 0 Å². The first-order valence-corrected chi connectivity index (χ1v) is 9.24. The van der Waals surface area contributed by atoms with E-state index in [0.717, 1.165) is 5.69 Å². The van der Waals surface area contributed by atoms with Crippen LogP contribution in [0.25, 0.3) is 11.8 Å². The highest BCUT2D eigenvalue weighted by Gasteiger charge is 2.05. The number of rotatable bonds is 7. The molecule has 0 aliphatic heterocycles. The molecular weight excluding hydrogens is 378 g/mol. The van der Waals surface area contributed by atoms with E-state index in [9.17, 15) is 4.79 Å². The van der Waals surface area contributed by atoms with Gasteiger partial charge in [-0.15, -0.1) is 0 Å². The number of nitrogens with zero attached hydrogens (tertiary/aromatic N) is 3. The molecule has 4 aromatic rings. The number of allylic oxidation sites excluding steroid dienone is 1. The lowest BCUT2D eigenvalue weighted by Crippen LogP contribution is -1.96. The van der Waals surface area contributed by atoms with E-state index in [4.69, 9.17) is 14.4 Å². The summed E-state index contributed by atoms with van der Waals surface area (Å²) in [6.45, 7) is 0.253. The maximum Gasteiger partial charge on any atom is 0.185 e. The van der Waals surface area contributed by atoms with Crippen molar-refractivity contribution < 1.29 is 13.9 Å². The van der Waals surface area contributed by atoms with Crippen LogP contribution in [0.3, 0.4) is 0 Å². The molecule has 0 aliphatic carbocycles. The molecule has 2 heterocycles. The second kappa shape index (κ2) is 8.76. The number of benzene rings is 2. The summed E-state index contributed by atoms with van der Waals surface area (Å²) < 4.78 is 13.2. The highest BCUT2D eigenvalue weighted by atomic mass is 16.5. The summed E-state index contributed by atoms with van der Waals surface area (Å²) in [7, 11) is 0. The normalized spacial score (nSPS) is 10.8. The van der Waals surface area contributed by atoms with E-state index < -0.39 is 0 Å². The third kappa shape index (κ3) is 4.54. The molecular formula is C24H17N3O3. The summed E-state index contributed by atoms with van der Waals surface area (Å²) in [6, 6.07) is 19.8. The SMILES string of the molecule is N#Cc1ccc(OCc2ccc(/C=C/C(=O)c3ccc(-n4ccnc4)cc3)o2)cc1. The van der Waals surface area contributed by atoms with Gasteiger partial charge in [0.2, 0.25) is 0 Å². The van der Waals surface area contributed by atoms with Crippen LogP contribution in [0.5, 0.6) is 5.75 Å². The van der Waals surface area contributed by atoms with Crippen LogP contribution in [0.1, 0.15) is 27.4 Å². The number of ketones is 1. The van der Waals surface area contributed by atoms with Crippen molar-refractivity contribution in [1.82, 2.24) is 9.55 Å². The van der Waals surface area contributed by atoms with Crippen LogP contribution in [0.2, 0.25) is 0 Å². The molecule has 2 aromatic heterocycles. The van der Waals surface area contributed by atoms with Gasteiger partial charge in [0.1, 0.15) is 23.9 Å². The van der Waals surface area contributed by atoms with Gasteiger partial charge >= 0.3 is 0 Å². The summed E-state index contributed by atoms with van der Waals surface area (Å²) >= 11 is 0. The molecule has 2 aromatic carbocycles. The fourth-order valence-corrected chi connectivity index (χ4v) is 2.81. The number of hydrogen-bond acceptors (Lipinski definition) is 5. The van der Waals surface area contributed by atoms with Crippen molar-refractivity contribution in [2.24, 2.45) is 0 Å². The van der Waals surface area contributed by atoms with E-state index in [1.165, 1.54) is 6.08 Å². The highest BCUT2D eigenvalue weighted by molar-refractivity contribution is 6.06. The minimum absolute atomic E-state index is 0.112. The largest absolute Gasteiger partial charge is 0.486 e. The molecule has 6 nitrogen and oxygen atoms in total. The molecule has 6 heteroatoms. The second-order valence-electron chi connectivity index (χ2n) is 6.44. The minimum Gasteiger partial charge on any atom is -0.486 e. The predicted molar refractivity (Wildman–Crippen MR) is 111 cm³/mol. The van der Waals surface area contributed by atoms with Crippen LogP contribution in [-0.2, 0) is 6.61 Å². The third-order valence-electron chi connectivity index (χ3n) is 4.40. The number of nitriles is 1. The third-order valence-corrected chi connectivity index (χ3v) is 4.40. The summed E-state index contributed by atoms with van der Waals surface area (Å²) in [4.78, 5) is 16.4. The topological polar surface area (TPSA) is 81.0 Å². The molecule has 0 bridgehead atoms. The molecule has 4 rings (SSSR count). The molecule has 0 fully saturated rings. The first kappa shape index (κ1) is 19.0. The predicted octanol–water partition coefficient (Wildman–Crippen LogP) is 4.81. The summed E-state index contributed by atoms with van der Waals surface area (Å²) in [6.07, 6.45) is 8.37. The van der Waals surface area contributed by atoms with Crippen LogP contribution in [-0.4, -0.2) is 15.3 Å². The number of carbonyl (C=O) groups is 1. The summed E-state index contributed by atoms with van der Waals surface area (Å²) in [5, 5.41) is 8.81. The van der Waals surface area contributed by atoms with Gasteiger partial charge in [-0.3, -0.25) is 4.79 Å². The standard InChI is InChI=1S/C24H17N3O3/c25-15-18-1-7-21(8-2-18)29-16-23-10-9-22(30-23)11-12-24(28)19-3-5-20(6-4-19)27-14-13-26-17-27/h1-14,17H,16H2/b12-11+. The quantitative estimate of drug-likeness (QED) is 0.331. The van der Waals surface area contributed by atoms with E-state index in [2.05, 4.69) is 11.1 Å². The smallest absolute Gasteiger partial charge is 0.185 e. The number of imidazole rings is 1. The molecule has 30 heavy (non-hydrogen) atoms. The molecule has 0 atom stereocenters. The zero-order valence-electron chi connectivity index (χ0n) is 15.9. The van der Waals surface area contributed by atoms with Crippen molar-refractivity contribution in [1.29, 1.82) is 5.26 Å². The van der Waals surface area contributed by atoms with Gasteiger partial charge < -0.3 is 13.7 Å². The van der Waals surface area contributed by atoms with E-state index in [0.29, 0.717) is 28.4 Å². The van der Waals surface area contributed by atoms with Gasteiger partial charge in [0.05, 0.1) is 18.0 Å². The monoisotopic (exact) mass is 395 g/mol. The average molecular weight is 395 g/mol. The van der Waals surface area contributed by atoms with Gasteiger partial charge in [0.25, 0.3) is 0 Å². The van der Waals surface area contributed by atoms with Gasteiger partial charge in [-0.1, -0.05) is 0 Å². The molecule has 0 N–H and O–H groups in total. The number of carbonyl (C=O) groups excluding carboxylic acids is 1. The van der Waals surface area contributed by atoms with Gasteiger partial charge in [-0.2, -0.15) is 5.26 Å². The number of ether oxygens (including phenoxy) is 1. The molecule has 0 saturated carbocycles. The Labute approximate surface area is 173 Å². The molecule has 0 radical (unpaired) electrons. The Bertz CT molecular complexity index is 1200. The van der Waals surface area contributed by atoms with Crippen LogP contribution >= 0.6 is 0 Å².